The minimum atomic E-state index is -3.99. The number of pyridine rings is 1. The summed E-state index contributed by atoms with van der Waals surface area (Å²) in [5, 5.41) is 3.86. The Morgan fingerprint density at radius 1 is 1.10 bits per heavy atom. The summed E-state index contributed by atoms with van der Waals surface area (Å²) >= 11 is 0. The molecule has 0 aliphatic carbocycles. The number of hydrogen-bond acceptors (Lipinski definition) is 6. The summed E-state index contributed by atoms with van der Waals surface area (Å²) in [7, 11) is -2.33. The van der Waals surface area contributed by atoms with Gasteiger partial charge in [0.15, 0.2) is 0 Å². The predicted molar refractivity (Wildman–Crippen MR) is 111 cm³/mol. The zero-order chi connectivity index (χ0) is 21.7. The molecule has 0 bridgehead atoms. The van der Waals surface area contributed by atoms with E-state index in [1.54, 1.807) is 42.1 Å². The Bertz CT molecular complexity index is 1200. The van der Waals surface area contributed by atoms with E-state index in [-0.39, 0.29) is 10.5 Å². The van der Waals surface area contributed by atoms with Crippen LogP contribution in [-0.4, -0.2) is 36.0 Å². The third kappa shape index (κ3) is 4.97. The van der Waals surface area contributed by atoms with Crippen LogP contribution in [0.2, 0.25) is 0 Å². The van der Waals surface area contributed by atoms with Crippen LogP contribution in [0.4, 0.5) is 0 Å². The average Bonchev–Trinajstić information content (AvgIpc) is 3.09. The van der Waals surface area contributed by atoms with Crippen molar-refractivity contribution < 1.29 is 18.0 Å². The maximum Gasteiger partial charge on any atom is 0.272 e. The Hall–Kier alpha value is -3.79. The number of hydrazone groups is 1. The Morgan fingerprint density at radius 2 is 1.83 bits per heavy atom. The van der Waals surface area contributed by atoms with Gasteiger partial charge in [0.05, 0.1) is 27.9 Å². The first-order valence-electron chi connectivity index (χ1n) is 8.80. The molecule has 2 N–H and O–H groups in total. The number of nitrogens with one attached hydrogen (secondary N) is 2. The number of aromatic nitrogens is 2. The van der Waals surface area contributed by atoms with E-state index >= 15 is 0 Å². The minimum Gasteiger partial charge on any atom is -0.349 e. The fourth-order valence-corrected chi connectivity index (χ4v) is 3.48. The highest BCUT2D eigenvalue weighted by atomic mass is 32.2. The van der Waals surface area contributed by atoms with E-state index in [1.807, 2.05) is 11.6 Å². The van der Waals surface area contributed by atoms with Gasteiger partial charge in [0.1, 0.15) is 0 Å². The molecule has 0 unspecified atom stereocenters. The summed E-state index contributed by atoms with van der Waals surface area (Å²) in [6, 6.07) is 10.8. The lowest BCUT2D eigenvalue weighted by Gasteiger charge is -2.06. The molecule has 0 aliphatic heterocycles. The lowest BCUT2D eigenvalue weighted by atomic mass is 10.2. The predicted octanol–water partition coefficient (Wildman–Crippen LogP) is 1.61. The smallest absolute Gasteiger partial charge is 0.272 e. The van der Waals surface area contributed by atoms with Crippen molar-refractivity contribution in [3.8, 4) is 0 Å². The van der Waals surface area contributed by atoms with Gasteiger partial charge in [-0.05, 0) is 37.3 Å². The average molecular weight is 425 g/mol. The molecule has 154 valence electrons. The second-order valence-corrected chi connectivity index (χ2v) is 8.14. The van der Waals surface area contributed by atoms with Gasteiger partial charge in [-0.3, -0.25) is 14.6 Å². The van der Waals surface area contributed by atoms with Gasteiger partial charge in [-0.25, -0.2) is 18.6 Å². The molecule has 0 saturated heterocycles. The second-order valence-electron chi connectivity index (χ2n) is 6.45. The minimum absolute atomic E-state index is 0.00252. The molecule has 0 aliphatic rings. The van der Waals surface area contributed by atoms with Crippen LogP contribution in [0, 0.1) is 6.92 Å². The van der Waals surface area contributed by atoms with E-state index in [9.17, 15) is 18.0 Å². The van der Waals surface area contributed by atoms with Crippen molar-refractivity contribution >= 4 is 28.1 Å². The highest BCUT2D eigenvalue weighted by Crippen LogP contribution is 2.12. The van der Waals surface area contributed by atoms with Gasteiger partial charge < -0.3 is 4.57 Å². The normalized spacial score (nSPS) is 11.4. The molecule has 3 rings (SSSR count). The molecule has 0 spiro atoms. The summed E-state index contributed by atoms with van der Waals surface area (Å²) in [5.74, 6) is -1.21. The van der Waals surface area contributed by atoms with Crippen LogP contribution >= 0.6 is 0 Å². The molecule has 2 heterocycles. The molecule has 2 aromatic heterocycles. The molecule has 0 radical (unpaired) electrons. The van der Waals surface area contributed by atoms with Crippen molar-refractivity contribution in [2.45, 2.75) is 11.8 Å². The summed E-state index contributed by atoms with van der Waals surface area (Å²) in [5.41, 5.74) is 4.23. The first kappa shape index (κ1) is 20.9. The number of carbonyl (C=O) groups is 2. The van der Waals surface area contributed by atoms with E-state index in [1.165, 1.54) is 36.8 Å². The quantitative estimate of drug-likeness (QED) is 0.459. The Labute approximate surface area is 173 Å². The van der Waals surface area contributed by atoms with Crippen molar-refractivity contribution in [1.82, 2.24) is 19.7 Å². The van der Waals surface area contributed by atoms with Gasteiger partial charge in [0, 0.05) is 25.6 Å². The molecular weight excluding hydrogens is 406 g/mol. The molecule has 3 aromatic rings. The zero-order valence-corrected chi connectivity index (χ0v) is 17.1. The van der Waals surface area contributed by atoms with Gasteiger partial charge in [-0.1, -0.05) is 17.7 Å². The number of sulfonamides is 1. The summed E-state index contributed by atoms with van der Waals surface area (Å²) < 4.78 is 28.4. The number of aryl methyl sites for hydroxylation is 2. The standard InChI is InChI=1S/C20H19N5O4S/c1-14-5-7-18(8-6-14)30(28,29)24-20(27)16-10-17(25(2)13-16)12-22-23-19(26)15-4-3-9-21-11-15/h3-13H,1-2H3,(H,23,26)(H,24,27)/b22-12-. The van der Waals surface area contributed by atoms with E-state index in [0.717, 1.165) is 5.56 Å². The molecule has 2 amide bonds. The fraction of sp³-hybridized carbons (Fsp3) is 0.100. The molecule has 0 saturated carbocycles. The van der Waals surface area contributed by atoms with Crippen molar-refractivity contribution in [2.75, 3.05) is 0 Å². The number of nitrogens with zero attached hydrogens (tertiary/aromatic N) is 3. The van der Waals surface area contributed by atoms with Gasteiger partial charge in [-0.15, -0.1) is 0 Å². The largest absolute Gasteiger partial charge is 0.349 e. The van der Waals surface area contributed by atoms with E-state index < -0.39 is 21.8 Å². The highest BCUT2D eigenvalue weighted by molar-refractivity contribution is 7.90. The van der Waals surface area contributed by atoms with Gasteiger partial charge in [0.2, 0.25) is 0 Å². The number of carbonyl (C=O) groups excluding carboxylic acids is 2. The summed E-state index contributed by atoms with van der Waals surface area (Å²) in [6.07, 6.45) is 5.77. The third-order valence-corrected chi connectivity index (χ3v) is 5.50. The molecule has 30 heavy (non-hydrogen) atoms. The Kier molecular flexibility index (Phi) is 6.07. The Balaban J connectivity index is 1.68. The van der Waals surface area contributed by atoms with E-state index in [4.69, 9.17) is 0 Å². The van der Waals surface area contributed by atoms with Crippen LogP contribution in [0.1, 0.15) is 32.0 Å². The van der Waals surface area contributed by atoms with Crippen LogP contribution in [0.3, 0.4) is 0 Å². The van der Waals surface area contributed by atoms with Crippen LogP contribution in [0.5, 0.6) is 0 Å². The molecule has 10 heteroatoms. The van der Waals surface area contributed by atoms with Gasteiger partial charge in [-0.2, -0.15) is 5.10 Å². The molecule has 0 atom stereocenters. The van der Waals surface area contributed by atoms with Crippen LogP contribution in [-0.2, 0) is 17.1 Å². The topological polar surface area (TPSA) is 123 Å². The van der Waals surface area contributed by atoms with Crippen molar-refractivity contribution in [2.24, 2.45) is 12.1 Å². The molecule has 9 nitrogen and oxygen atoms in total. The molecule has 1 aromatic carbocycles. The van der Waals surface area contributed by atoms with E-state index in [2.05, 4.69) is 15.5 Å². The lowest BCUT2D eigenvalue weighted by molar-refractivity contribution is 0.0952. The Morgan fingerprint density at radius 3 is 2.50 bits per heavy atom. The summed E-state index contributed by atoms with van der Waals surface area (Å²) in [4.78, 5) is 28.2. The maximum atomic E-state index is 12.4. The van der Waals surface area contributed by atoms with Crippen LogP contribution in [0.25, 0.3) is 0 Å². The van der Waals surface area contributed by atoms with Crippen LogP contribution < -0.4 is 10.1 Å². The maximum absolute atomic E-state index is 12.4. The lowest BCUT2D eigenvalue weighted by Crippen LogP contribution is -2.30. The first-order valence-corrected chi connectivity index (χ1v) is 10.3. The highest BCUT2D eigenvalue weighted by Gasteiger charge is 2.20. The number of hydrogen-bond donors (Lipinski definition) is 2. The fourth-order valence-electron chi connectivity index (χ4n) is 2.51. The number of rotatable bonds is 6. The third-order valence-electron chi connectivity index (χ3n) is 4.15. The molecular formula is C20H19N5O4S. The van der Waals surface area contributed by atoms with Gasteiger partial charge >= 0.3 is 0 Å². The second kappa shape index (κ2) is 8.70. The van der Waals surface area contributed by atoms with E-state index in [0.29, 0.717) is 11.3 Å². The van der Waals surface area contributed by atoms with Crippen molar-refractivity contribution in [3.63, 3.8) is 0 Å². The number of benzene rings is 1. The SMILES string of the molecule is Cc1ccc(S(=O)(=O)NC(=O)c2cc(/C=N\NC(=O)c3cccnc3)n(C)c2)cc1. The van der Waals surface area contributed by atoms with Crippen LogP contribution in [0.15, 0.2) is 71.1 Å². The first-order chi connectivity index (χ1) is 14.3. The monoisotopic (exact) mass is 425 g/mol. The summed E-state index contributed by atoms with van der Waals surface area (Å²) in [6.45, 7) is 1.83. The number of amides is 2. The molecule has 0 fully saturated rings. The van der Waals surface area contributed by atoms with Crippen molar-refractivity contribution in [3.05, 3.63) is 83.4 Å². The van der Waals surface area contributed by atoms with Crippen molar-refractivity contribution in [1.29, 1.82) is 0 Å². The zero-order valence-electron chi connectivity index (χ0n) is 16.2. The van der Waals surface area contributed by atoms with Gasteiger partial charge in [0.25, 0.3) is 21.8 Å².